The summed E-state index contributed by atoms with van der Waals surface area (Å²) in [7, 11) is 0.980. The fraction of sp³-hybridized carbons (Fsp3) is 0.652. The summed E-state index contributed by atoms with van der Waals surface area (Å²) in [6, 6.07) is 0.698. The highest BCUT2D eigenvalue weighted by Gasteiger charge is 2.28. The number of hydrogen-bond donors (Lipinski definition) is 2. The van der Waals surface area contributed by atoms with Gasteiger partial charge in [0.2, 0.25) is 0 Å². The molecule has 14 heteroatoms. The largest absolute Gasteiger partial charge is 0.460 e. The molecule has 37 heavy (non-hydrogen) atoms. The first-order valence-electron chi connectivity index (χ1n) is 11.6. The predicted octanol–water partition coefficient (Wildman–Crippen LogP) is 1.82. The van der Waals surface area contributed by atoms with Crippen molar-refractivity contribution in [2.45, 2.75) is 39.0 Å². The molecule has 1 unspecified atom stereocenters. The quantitative estimate of drug-likeness (QED) is 0.0797. The maximum atomic E-state index is 12.1. The third-order valence-corrected chi connectivity index (χ3v) is 7.66. The fourth-order valence-electron chi connectivity index (χ4n) is 2.37. The molecule has 0 spiro atoms. The molecule has 0 aromatic rings. The van der Waals surface area contributed by atoms with E-state index in [4.69, 9.17) is 32.5 Å². The van der Waals surface area contributed by atoms with E-state index in [0.29, 0.717) is 19.1 Å². The SMILES string of the molecule is C=C(C)C(=O)OCCNC(=O)OCC(COCCC[Si](C)(OC)OC)OC(=O)NCCOC(=O)C(=C)C. The van der Waals surface area contributed by atoms with Crippen molar-refractivity contribution >= 4 is 32.7 Å². The first kappa shape index (κ1) is 34.1. The summed E-state index contributed by atoms with van der Waals surface area (Å²) in [4.78, 5) is 46.7. The van der Waals surface area contributed by atoms with Crippen LogP contribution in [-0.4, -0.2) is 99.1 Å². The lowest BCUT2D eigenvalue weighted by atomic mass is 10.4. The zero-order chi connectivity index (χ0) is 28.3. The van der Waals surface area contributed by atoms with Crippen molar-refractivity contribution in [2.75, 3.05) is 60.3 Å². The molecular weight excluding hydrogens is 508 g/mol. The highest BCUT2D eigenvalue weighted by Crippen LogP contribution is 2.13. The van der Waals surface area contributed by atoms with E-state index >= 15 is 0 Å². The van der Waals surface area contributed by atoms with Gasteiger partial charge >= 0.3 is 32.7 Å². The molecule has 13 nitrogen and oxygen atoms in total. The topological polar surface area (TPSA) is 157 Å². The predicted molar refractivity (Wildman–Crippen MR) is 135 cm³/mol. The normalized spacial score (nSPS) is 11.6. The van der Waals surface area contributed by atoms with Gasteiger partial charge in [-0.15, -0.1) is 0 Å². The minimum absolute atomic E-state index is 0.00687. The van der Waals surface area contributed by atoms with Crippen LogP contribution < -0.4 is 10.6 Å². The molecule has 0 saturated carbocycles. The summed E-state index contributed by atoms with van der Waals surface area (Å²) in [6.07, 6.45) is -1.87. The summed E-state index contributed by atoms with van der Waals surface area (Å²) in [5.74, 6) is -1.14. The van der Waals surface area contributed by atoms with Gasteiger partial charge in [-0.1, -0.05) is 13.2 Å². The average Bonchev–Trinajstić information content (AvgIpc) is 2.86. The Bertz CT molecular complexity index is 772. The monoisotopic (exact) mass is 548 g/mol. The van der Waals surface area contributed by atoms with Gasteiger partial charge in [-0.05, 0) is 32.9 Å². The van der Waals surface area contributed by atoms with Crippen LogP contribution in [0.2, 0.25) is 12.6 Å². The Morgan fingerprint density at radius 1 is 0.784 bits per heavy atom. The maximum absolute atomic E-state index is 12.1. The number of nitrogens with one attached hydrogen (secondary N) is 2. The number of esters is 2. The van der Waals surface area contributed by atoms with E-state index in [2.05, 4.69) is 23.8 Å². The molecule has 0 rings (SSSR count). The van der Waals surface area contributed by atoms with Gasteiger partial charge < -0.3 is 43.2 Å². The molecule has 0 aliphatic carbocycles. The minimum Gasteiger partial charge on any atom is -0.460 e. The molecule has 0 aliphatic heterocycles. The Balaban J connectivity index is 4.59. The molecule has 0 heterocycles. The number of alkyl carbamates (subject to hydrolysis) is 2. The van der Waals surface area contributed by atoms with Crippen molar-refractivity contribution in [3.8, 4) is 0 Å². The molecule has 0 radical (unpaired) electrons. The number of carbonyl (C=O) groups excluding carboxylic acids is 4. The Morgan fingerprint density at radius 3 is 1.78 bits per heavy atom. The van der Waals surface area contributed by atoms with Gasteiger partial charge in [0, 0.05) is 32.0 Å². The Morgan fingerprint density at radius 2 is 1.30 bits per heavy atom. The Kier molecular flexibility index (Phi) is 17.7. The van der Waals surface area contributed by atoms with E-state index in [9.17, 15) is 19.2 Å². The highest BCUT2D eigenvalue weighted by atomic mass is 28.4. The van der Waals surface area contributed by atoms with Gasteiger partial charge in [-0.3, -0.25) is 0 Å². The van der Waals surface area contributed by atoms with E-state index in [1.54, 1.807) is 14.2 Å². The van der Waals surface area contributed by atoms with Gasteiger partial charge in [0.1, 0.15) is 19.8 Å². The smallest absolute Gasteiger partial charge is 0.407 e. The van der Waals surface area contributed by atoms with Crippen LogP contribution in [0.5, 0.6) is 0 Å². The standard InChI is InChI=1S/C23H40N2O11Si/c1-17(2)20(26)33-12-9-24-22(28)35-16-19(15-32-11-8-14-37(7,30-5)31-6)36-23(29)25-10-13-34-21(27)18(3)4/h19H,1,3,8-16H2,2,4-7H3,(H,24,28)(H,25,29). The zero-order valence-electron chi connectivity index (χ0n) is 22.3. The van der Waals surface area contributed by atoms with Gasteiger partial charge in [-0.25, -0.2) is 19.2 Å². The van der Waals surface area contributed by atoms with Gasteiger partial charge in [-0.2, -0.15) is 0 Å². The first-order chi connectivity index (χ1) is 17.4. The lowest BCUT2D eigenvalue weighted by Gasteiger charge is -2.23. The molecule has 0 aliphatic rings. The third-order valence-electron chi connectivity index (χ3n) is 4.67. The lowest BCUT2D eigenvalue weighted by molar-refractivity contribution is -0.139. The fourth-order valence-corrected chi connectivity index (χ4v) is 3.73. The molecule has 2 N–H and O–H groups in total. The zero-order valence-corrected chi connectivity index (χ0v) is 23.3. The summed E-state index contributed by atoms with van der Waals surface area (Å²) < 4.78 is 36.5. The Hall–Kier alpha value is -2.94. The van der Waals surface area contributed by atoms with Crippen LogP contribution in [0.3, 0.4) is 0 Å². The molecule has 0 saturated heterocycles. The highest BCUT2D eigenvalue weighted by molar-refractivity contribution is 6.65. The summed E-state index contributed by atoms with van der Waals surface area (Å²) >= 11 is 0. The first-order valence-corrected chi connectivity index (χ1v) is 14.1. The van der Waals surface area contributed by atoms with Crippen molar-refractivity contribution in [1.82, 2.24) is 10.6 Å². The molecule has 0 fully saturated rings. The van der Waals surface area contributed by atoms with Crippen molar-refractivity contribution in [3.63, 3.8) is 0 Å². The van der Waals surface area contributed by atoms with Crippen molar-refractivity contribution in [2.24, 2.45) is 0 Å². The van der Waals surface area contributed by atoms with Crippen LogP contribution in [0.15, 0.2) is 24.3 Å². The molecule has 1 atom stereocenters. The summed E-state index contributed by atoms with van der Waals surface area (Å²) in [5.41, 5.74) is 0.481. The second-order valence-corrected chi connectivity index (χ2v) is 11.6. The van der Waals surface area contributed by atoms with Crippen LogP contribution in [0, 0.1) is 0 Å². The van der Waals surface area contributed by atoms with E-state index in [0.717, 1.165) is 0 Å². The maximum Gasteiger partial charge on any atom is 0.407 e. The van der Waals surface area contributed by atoms with Crippen molar-refractivity contribution in [3.05, 3.63) is 24.3 Å². The number of carbonyl (C=O) groups is 4. The van der Waals surface area contributed by atoms with Crippen molar-refractivity contribution in [1.29, 1.82) is 0 Å². The molecule has 212 valence electrons. The van der Waals surface area contributed by atoms with Crippen LogP contribution in [0.25, 0.3) is 0 Å². The minimum atomic E-state index is -2.22. The van der Waals surface area contributed by atoms with E-state index in [1.165, 1.54) is 13.8 Å². The van der Waals surface area contributed by atoms with E-state index in [-0.39, 0.29) is 50.7 Å². The van der Waals surface area contributed by atoms with Crippen LogP contribution >= 0.6 is 0 Å². The average molecular weight is 549 g/mol. The summed E-state index contributed by atoms with van der Waals surface area (Å²) in [5, 5.41) is 4.84. The Labute approximate surface area is 219 Å². The number of rotatable bonds is 19. The van der Waals surface area contributed by atoms with Gasteiger partial charge in [0.05, 0.1) is 19.7 Å². The molecular formula is C23H40N2O11Si. The lowest BCUT2D eigenvalue weighted by Crippen LogP contribution is -2.38. The van der Waals surface area contributed by atoms with Crippen molar-refractivity contribution < 1.29 is 51.7 Å². The van der Waals surface area contributed by atoms with Gasteiger partial charge in [0.15, 0.2) is 6.10 Å². The van der Waals surface area contributed by atoms with Crippen LogP contribution in [0.1, 0.15) is 20.3 Å². The summed E-state index contributed by atoms with van der Waals surface area (Å²) in [6.45, 7) is 11.8. The molecule has 0 aromatic heterocycles. The van der Waals surface area contributed by atoms with Gasteiger partial charge in [0.25, 0.3) is 0 Å². The molecule has 0 aromatic carbocycles. The molecule has 2 amide bonds. The van der Waals surface area contributed by atoms with Crippen LogP contribution in [0.4, 0.5) is 9.59 Å². The van der Waals surface area contributed by atoms with Crippen LogP contribution in [-0.2, 0) is 42.1 Å². The number of hydrogen-bond acceptors (Lipinski definition) is 11. The van der Waals surface area contributed by atoms with E-state index in [1.807, 2.05) is 6.55 Å². The third kappa shape index (κ3) is 17.2. The second-order valence-electron chi connectivity index (χ2n) is 8.03. The second kappa shape index (κ2) is 19.2. The van der Waals surface area contributed by atoms with E-state index < -0.39 is 38.8 Å². The molecule has 0 bridgehead atoms. The number of amides is 2. The number of ether oxygens (including phenoxy) is 5.